The van der Waals surface area contributed by atoms with E-state index in [1.165, 1.54) is 25.3 Å². The van der Waals surface area contributed by atoms with Crippen LogP contribution in [0.2, 0.25) is 0 Å². The summed E-state index contributed by atoms with van der Waals surface area (Å²) < 4.78 is 11.6. The molecule has 126 valence electrons. The number of aromatic hydroxyl groups is 1. The summed E-state index contributed by atoms with van der Waals surface area (Å²) in [4.78, 5) is 12.3. The zero-order valence-corrected chi connectivity index (χ0v) is 15.2. The van der Waals surface area contributed by atoms with Gasteiger partial charge in [-0.2, -0.15) is 0 Å². The van der Waals surface area contributed by atoms with Crippen molar-refractivity contribution in [1.29, 1.82) is 0 Å². The van der Waals surface area contributed by atoms with E-state index in [9.17, 15) is 9.90 Å². The van der Waals surface area contributed by atoms with Gasteiger partial charge in [-0.15, -0.1) is 0 Å². The van der Waals surface area contributed by atoms with E-state index in [1.807, 2.05) is 25.1 Å². The average molecular weight is 391 g/mol. The maximum atomic E-state index is 12.3. The third-order valence-corrected chi connectivity index (χ3v) is 3.81. The van der Waals surface area contributed by atoms with Crippen LogP contribution < -0.4 is 9.47 Å². The van der Waals surface area contributed by atoms with Crippen LogP contribution in [0.1, 0.15) is 29.3 Å². The Kier molecular flexibility index (Phi) is 6.44. The van der Waals surface area contributed by atoms with Crippen LogP contribution in [0.5, 0.6) is 17.2 Å². The minimum atomic E-state index is -0.185. The Labute approximate surface area is 149 Å². The first-order valence-corrected chi connectivity index (χ1v) is 8.36. The molecule has 0 aromatic heterocycles. The van der Waals surface area contributed by atoms with Gasteiger partial charge in [-0.1, -0.05) is 22.9 Å². The monoisotopic (exact) mass is 390 g/mol. The molecule has 0 aliphatic carbocycles. The molecule has 24 heavy (non-hydrogen) atoms. The molecule has 0 bridgehead atoms. The van der Waals surface area contributed by atoms with E-state index in [2.05, 4.69) is 15.9 Å². The molecule has 0 unspecified atom stereocenters. The van der Waals surface area contributed by atoms with Crippen LogP contribution in [0.3, 0.4) is 0 Å². The van der Waals surface area contributed by atoms with Crippen molar-refractivity contribution < 1.29 is 19.4 Å². The molecule has 0 spiro atoms. The van der Waals surface area contributed by atoms with Crippen LogP contribution >= 0.6 is 15.9 Å². The quantitative estimate of drug-likeness (QED) is 0.542. The molecule has 0 atom stereocenters. The molecule has 0 amide bonds. The molecule has 0 saturated heterocycles. The second-order valence-corrected chi connectivity index (χ2v) is 6.03. The van der Waals surface area contributed by atoms with Crippen molar-refractivity contribution in [3.8, 4) is 17.2 Å². The first-order valence-electron chi connectivity index (χ1n) is 7.57. The number of hydrogen-bond donors (Lipinski definition) is 1. The number of methoxy groups -OCH3 is 1. The maximum absolute atomic E-state index is 12.3. The summed E-state index contributed by atoms with van der Waals surface area (Å²) >= 11 is 3.42. The molecule has 0 saturated carbocycles. The fraction of sp³-hybridized carbons (Fsp3) is 0.211. The molecular formula is C19H19BrO4. The topological polar surface area (TPSA) is 55.8 Å². The number of benzene rings is 2. The summed E-state index contributed by atoms with van der Waals surface area (Å²) in [5.41, 5.74) is 1.25. The van der Waals surface area contributed by atoms with Gasteiger partial charge in [0, 0.05) is 15.6 Å². The summed E-state index contributed by atoms with van der Waals surface area (Å²) in [7, 11) is 1.44. The van der Waals surface area contributed by atoms with E-state index in [0.29, 0.717) is 12.2 Å². The molecule has 5 heteroatoms. The van der Waals surface area contributed by atoms with E-state index in [-0.39, 0.29) is 17.3 Å². The predicted octanol–water partition coefficient (Wildman–Crippen LogP) is 4.85. The molecule has 1 N–H and O–H groups in total. The lowest BCUT2D eigenvalue weighted by Gasteiger charge is -2.08. The number of ketones is 1. The highest BCUT2D eigenvalue weighted by Gasteiger charge is 2.08. The summed E-state index contributed by atoms with van der Waals surface area (Å²) in [6.07, 6.45) is 4.11. The van der Waals surface area contributed by atoms with E-state index in [4.69, 9.17) is 9.47 Å². The second kappa shape index (κ2) is 8.55. The van der Waals surface area contributed by atoms with Gasteiger partial charge in [-0.25, -0.2) is 0 Å². The van der Waals surface area contributed by atoms with Gasteiger partial charge >= 0.3 is 0 Å². The zero-order chi connectivity index (χ0) is 17.5. The number of rotatable bonds is 7. The van der Waals surface area contributed by atoms with Crippen LogP contribution in [-0.2, 0) is 0 Å². The number of carbonyl (C=O) groups excluding carboxylic acids is 1. The molecule has 0 fully saturated rings. The first-order chi connectivity index (χ1) is 11.5. The molecule has 2 aromatic carbocycles. The fourth-order valence-corrected chi connectivity index (χ4v) is 2.46. The maximum Gasteiger partial charge on any atom is 0.185 e. The first kappa shape index (κ1) is 18.1. The van der Waals surface area contributed by atoms with Crippen molar-refractivity contribution in [2.24, 2.45) is 0 Å². The van der Waals surface area contributed by atoms with Crippen molar-refractivity contribution in [3.63, 3.8) is 0 Å². The lowest BCUT2D eigenvalue weighted by molar-refractivity contribution is 0.104. The highest BCUT2D eigenvalue weighted by atomic mass is 79.9. The van der Waals surface area contributed by atoms with E-state index < -0.39 is 0 Å². The van der Waals surface area contributed by atoms with Gasteiger partial charge in [0.2, 0.25) is 0 Å². The molecule has 0 aliphatic rings. The Morgan fingerprint density at radius 2 is 2.00 bits per heavy atom. The standard InChI is InChI=1S/C19H19BrO4/c1-3-10-24-18-9-6-15(20)11-14(18)5-7-16(21)13-4-8-17(22)19(12-13)23-2/h4-9,11-12,22H,3,10H2,1-2H3/b7-5+. The number of hydrogen-bond acceptors (Lipinski definition) is 4. The van der Waals surface area contributed by atoms with Crippen LogP contribution in [0.15, 0.2) is 46.9 Å². The molecule has 2 rings (SSSR count). The summed E-state index contributed by atoms with van der Waals surface area (Å²) in [5, 5.41) is 9.60. The van der Waals surface area contributed by atoms with Crippen molar-refractivity contribution in [1.82, 2.24) is 0 Å². The van der Waals surface area contributed by atoms with Gasteiger partial charge in [-0.05, 0) is 55.0 Å². The number of carbonyl (C=O) groups is 1. The van der Waals surface area contributed by atoms with Crippen molar-refractivity contribution in [2.45, 2.75) is 13.3 Å². The van der Waals surface area contributed by atoms with Gasteiger partial charge in [0.05, 0.1) is 13.7 Å². The Bertz CT molecular complexity index is 753. The zero-order valence-electron chi connectivity index (χ0n) is 13.6. The van der Waals surface area contributed by atoms with Crippen molar-refractivity contribution >= 4 is 27.8 Å². The Hall–Kier alpha value is -2.27. The Morgan fingerprint density at radius 3 is 2.71 bits per heavy atom. The molecular weight excluding hydrogens is 372 g/mol. The van der Waals surface area contributed by atoms with E-state index in [0.717, 1.165) is 22.2 Å². The largest absolute Gasteiger partial charge is 0.504 e. The Balaban J connectivity index is 2.23. The van der Waals surface area contributed by atoms with Crippen molar-refractivity contribution in [2.75, 3.05) is 13.7 Å². The van der Waals surface area contributed by atoms with Gasteiger partial charge in [0.25, 0.3) is 0 Å². The molecule has 0 radical (unpaired) electrons. The highest BCUT2D eigenvalue weighted by molar-refractivity contribution is 9.10. The van der Waals surface area contributed by atoms with Crippen LogP contribution in [0, 0.1) is 0 Å². The number of allylic oxidation sites excluding steroid dienone is 1. The number of phenols is 1. The lowest BCUT2D eigenvalue weighted by Crippen LogP contribution is -1.98. The predicted molar refractivity (Wildman–Crippen MR) is 98.0 cm³/mol. The SMILES string of the molecule is CCCOc1ccc(Br)cc1/C=C/C(=O)c1ccc(O)c(OC)c1. The van der Waals surface area contributed by atoms with Crippen LogP contribution in [0.25, 0.3) is 6.08 Å². The number of halogens is 1. The van der Waals surface area contributed by atoms with Crippen LogP contribution in [-0.4, -0.2) is 24.6 Å². The lowest BCUT2D eigenvalue weighted by atomic mass is 10.1. The Morgan fingerprint density at radius 1 is 1.21 bits per heavy atom. The van der Waals surface area contributed by atoms with Crippen LogP contribution in [0.4, 0.5) is 0 Å². The highest BCUT2D eigenvalue weighted by Crippen LogP contribution is 2.27. The van der Waals surface area contributed by atoms with Gasteiger partial charge in [0.15, 0.2) is 17.3 Å². The minimum Gasteiger partial charge on any atom is -0.504 e. The second-order valence-electron chi connectivity index (χ2n) is 5.11. The average Bonchev–Trinajstić information content (AvgIpc) is 2.59. The van der Waals surface area contributed by atoms with Gasteiger partial charge < -0.3 is 14.6 Å². The number of phenolic OH excluding ortho intramolecular Hbond substituents is 1. The summed E-state index contributed by atoms with van der Waals surface area (Å²) in [6, 6.07) is 10.2. The van der Waals surface area contributed by atoms with Gasteiger partial charge in [-0.3, -0.25) is 4.79 Å². The van der Waals surface area contributed by atoms with E-state index >= 15 is 0 Å². The normalized spacial score (nSPS) is 10.8. The van der Waals surface area contributed by atoms with E-state index in [1.54, 1.807) is 12.1 Å². The molecule has 0 heterocycles. The fourth-order valence-electron chi connectivity index (χ4n) is 2.09. The summed E-state index contributed by atoms with van der Waals surface area (Å²) in [6.45, 7) is 2.65. The molecule has 0 aliphatic heterocycles. The summed E-state index contributed by atoms with van der Waals surface area (Å²) in [5.74, 6) is 0.811. The smallest absolute Gasteiger partial charge is 0.185 e. The number of ether oxygens (including phenoxy) is 2. The minimum absolute atomic E-state index is 0.000251. The third kappa shape index (κ3) is 4.61. The van der Waals surface area contributed by atoms with Gasteiger partial charge in [0.1, 0.15) is 5.75 Å². The molecule has 2 aromatic rings. The molecule has 4 nitrogen and oxygen atoms in total. The third-order valence-electron chi connectivity index (χ3n) is 3.31. The van der Waals surface area contributed by atoms with Crippen molar-refractivity contribution in [3.05, 3.63) is 58.1 Å².